The monoisotopic (exact) mass is 510 g/mol. The predicted molar refractivity (Wildman–Crippen MR) is 140 cm³/mol. The summed E-state index contributed by atoms with van der Waals surface area (Å²) in [6.07, 6.45) is 6.69. The smallest absolute Gasteiger partial charge is 0.248 e. The van der Waals surface area contributed by atoms with Crippen LogP contribution in [0.5, 0.6) is 0 Å². The van der Waals surface area contributed by atoms with E-state index in [0.717, 1.165) is 44.9 Å². The molecular weight excluding hydrogens is 468 g/mol. The molecule has 3 N–H and O–H groups in total. The van der Waals surface area contributed by atoms with Gasteiger partial charge in [0.1, 0.15) is 18.3 Å². The Morgan fingerprint density at radius 2 is 1.84 bits per heavy atom. The van der Waals surface area contributed by atoms with E-state index in [-0.39, 0.29) is 35.8 Å². The molecule has 8 nitrogen and oxygen atoms in total. The number of rotatable bonds is 5. The van der Waals surface area contributed by atoms with E-state index in [2.05, 4.69) is 28.1 Å². The molecule has 1 aromatic carbocycles. The minimum Gasteiger partial charge on any atom is -0.355 e. The highest BCUT2D eigenvalue weighted by Gasteiger charge is 2.58. The molecule has 1 saturated carbocycles. The van der Waals surface area contributed by atoms with Gasteiger partial charge in [-0.1, -0.05) is 51.0 Å². The van der Waals surface area contributed by atoms with Crippen LogP contribution >= 0.6 is 0 Å². The third-order valence-electron chi connectivity index (χ3n) is 9.12. The Hall–Kier alpha value is -2.45. The number of nitrogens with one attached hydrogen (secondary N) is 3. The number of amides is 3. The molecule has 7 atom stereocenters. The van der Waals surface area contributed by atoms with Gasteiger partial charge < -0.3 is 25.6 Å². The van der Waals surface area contributed by atoms with E-state index in [1.54, 1.807) is 18.9 Å². The fourth-order valence-electron chi connectivity index (χ4n) is 7.02. The molecule has 37 heavy (non-hydrogen) atoms. The molecule has 1 aromatic rings. The van der Waals surface area contributed by atoms with Crippen molar-refractivity contribution in [2.24, 2.45) is 11.3 Å². The summed E-state index contributed by atoms with van der Waals surface area (Å²) < 4.78 is 6.63. The van der Waals surface area contributed by atoms with Crippen LogP contribution in [0.15, 0.2) is 24.3 Å². The minimum absolute atomic E-state index is 0.0649. The van der Waals surface area contributed by atoms with Crippen molar-refractivity contribution in [1.82, 2.24) is 20.9 Å². The van der Waals surface area contributed by atoms with Gasteiger partial charge in [0, 0.05) is 12.3 Å². The Morgan fingerprint density at radius 3 is 2.62 bits per heavy atom. The van der Waals surface area contributed by atoms with Gasteiger partial charge in [-0.25, -0.2) is 0 Å². The summed E-state index contributed by atoms with van der Waals surface area (Å²) in [5.74, 6) is -0.616. The highest BCUT2D eigenvalue weighted by Crippen LogP contribution is 2.46. The molecule has 0 spiro atoms. The largest absolute Gasteiger partial charge is 0.355 e. The van der Waals surface area contributed by atoms with Crippen LogP contribution in [0.3, 0.4) is 0 Å². The third-order valence-corrected chi connectivity index (χ3v) is 9.12. The van der Waals surface area contributed by atoms with Gasteiger partial charge in [0.15, 0.2) is 0 Å². The molecule has 0 radical (unpaired) electrons. The molecule has 4 aliphatic rings. The molecule has 202 valence electrons. The molecule has 3 amide bonds. The summed E-state index contributed by atoms with van der Waals surface area (Å²) in [6.45, 7) is 5.88. The first-order valence-corrected chi connectivity index (χ1v) is 14.0. The average molecular weight is 511 g/mol. The standard InChI is InChI=1S/C29H42N4O4/c1-17(30-4)26(34)32-24-20-13-7-8-15-22(20)37-23-16-29(2,3)25(33(23)28(24)36)27(35)31-21-14-9-11-18-10-5-6-12-19(18)21/h5-6,10,12,17,20-25,30H,7-9,11,13-16H2,1-4H3,(H,31,35)(H,32,34)/t17?,20?,21-,22?,23?,24+,25-/m1/s1. The third kappa shape index (κ3) is 4.90. The van der Waals surface area contributed by atoms with Gasteiger partial charge >= 0.3 is 0 Å². The van der Waals surface area contributed by atoms with E-state index < -0.39 is 29.8 Å². The molecule has 8 heteroatoms. The summed E-state index contributed by atoms with van der Waals surface area (Å²) in [5, 5.41) is 9.32. The first-order valence-electron chi connectivity index (χ1n) is 14.0. The molecule has 0 bridgehead atoms. The van der Waals surface area contributed by atoms with Crippen LogP contribution in [0, 0.1) is 11.3 Å². The highest BCUT2D eigenvalue weighted by atomic mass is 16.5. The van der Waals surface area contributed by atoms with Gasteiger partial charge in [-0.3, -0.25) is 14.4 Å². The molecule has 4 unspecified atom stereocenters. The van der Waals surface area contributed by atoms with Gasteiger partial charge in [-0.15, -0.1) is 0 Å². The van der Waals surface area contributed by atoms with Gasteiger partial charge in [-0.2, -0.15) is 0 Å². The van der Waals surface area contributed by atoms with Crippen molar-refractivity contribution >= 4 is 17.7 Å². The molecule has 2 aliphatic heterocycles. The van der Waals surface area contributed by atoms with E-state index in [1.165, 1.54) is 11.1 Å². The second-order valence-corrected chi connectivity index (χ2v) is 12.1. The normalized spacial score (nSPS) is 33.4. The number of hydrogen-bond donors (Lipinski definition) is 3. The quantitative estimate of drug-likeness (QED) is 0.566. The van der Waals surface area contributed by atoms with E-state index in [0.29, 0.717) is 6.42 Å². The number of aryl methyl sites for hydroxylation is 1. The van der Waals surface area contributed by atoms with Crippen LogP contribution in [0.1, 0.15) is 82.9 Å². The van der Waals surface area contributed by atoms with E-state index in [4.69, 9.17) is 4.74 Å². The van der Waals surface area contributed by atoms with Gasteiger partial charge in [0.05, 0.1) is 18.2 Å². The molecule has 2 saturated heterocycles. The number of likely N-dealkylation sites (N-methyl/N-ethyl adjacent to an activating group) is 1. The fraction of sp³-hybridized carbons (Fsp3) is 0.690. The van der Waals surface area contributed by atoms with E-state index in [1.807, 2.05) is 26.0 Å². The number of nitrogens with zero attached hydrogens (tertiary/aromatic N) is 1. The maximum atomic E-state index is 14.3. The minimum atomic E-state index is -0.696. The lowest BCUT2D eigenvalue weighted by molar-refractivity contribution is -0.152. The Kier molecular flexibility index (Phi) is 7.33. The number of carbonyl (C=O) groups is 3. The lowest BCUT2D eigenvalue weighted by atomic mass is 9.79. The second kappa shape index (κ2) is 10.4. The van der Waals surface area contributed by atoms with Crippen molar-refractivity contribution < 1.29 is 19.1 Å². The van der Waals surface area contributed by atoms with Crippen molar-refractivity contribution in [2.45, 2.75) is 109 Å². The van der Waals surface area contributed by atoms with Crippen molar-refractivity contribution in [1.29, 1.82) is 0 Å². The summed E-state index contributed by atoms with van der Waals surface area (Å²) in [4.78, 5) is 42.8. The number of fused-ring (bicyclic) bond motifs is 3. The van der Waals surface area contributed by atoms with Gasteiger partial charge in [0.25, 0.3) is 0 Å². The van der Waals surface area contributed by atoms with Crippen molar-refractivity contribution in [3.8, 4) is 0 Å². The number of benzene rings is 1. The molecular formula is C29H42N4O4. The van der Waals surface area contributed by atoms with Crippen LogP contribution in [-0.4, -0.2) is 60.1 Å². The van der Waals surface area contributed by atoms with Gasteiger partial charge in [-0.05, 0) is 62.6 Å². The van der Waals surface area contributed by atoms with Crippen LogP contribution in [0.4, 0.5) is 0 Å². The molecule has 0 aromatic heterocycles. The molecule has 3 fully saturated rings. The zero-order valence-electron chi connectivity index (χ0n) is 22.6. The van der Waals surface area contributed by atoms with Crippen LogP contribution in [0.2, 0.25) is 0 Å². The Balaban J connectivity index is 1.44. The Morgan fingerprint density at radius 1 is 1.08 bits per heavy atom. The van der Waals surface area contributed by atoms with Crippen molar-refractivity contribution in [3.05, 3.63) is 35.4 Å². The zero-order valence-corrected chi connectivity index (χ0v) is 22.6. The maximum absolute atomic E-state index is 14.3. The topological polar surface area (TPSA) is 99.8 Å². The van der Waals surface area contributed by atoms with E-state index >= 15 is 0 Å². The summed E-state index contributed by atoms with van der Waals surface area (Å²) in [7, 11) is 1.73. The number of ether oxygens (including phenoxy) is 1. The van der Waals surface area contributed by atoms with Crippen LogP contribution < -0.4 is 16.0 Å². The SMILES string of the molecule is CNC(C)C(=O)N[C@@H]1C(=O)N2C(CC(C)(C)[C@H]2C(=O)N[C@@H]2CCCc3ccccc32)OC2CCCCC21. The van der Waals surface area contributed by atoms with Crippen LogP contribution in [0.25, 0.3) is 0 Å². The molecule has 2 aliphatic carbocycles. The lowest BCUT2D eigenvalue weighted by Crippen LogP contribution is -2.60. The summed E-state index contributed by atoms with van der Waals surface area (Å²) in [5.41, 5.74) is 1.99. The van der Waals surface area contributed by atoms with E-state index in [9.17, 15) is 14.4 Å². The molecule has 2 heterocycles. The number of carbonyl (C=O) groups excluding carboxylic acids is 3. The Bertz CT molecular complexity index is 1040. The predicted octanol–water partition coefficient (Wildman–Crippen LogP) is 2.82. The van der Waals surface area contributed by atoms with Crippen LogP contribution in [-0.2, 0) is 25.5 Å². The number of hydrogen-bond acceptors (Lipinski definition) is 5. The lowest BCUT2D eigenvalue weighted by Gasteiger charge is -2.37. The first kappa shape index (κ1) is 26.2. The average Bonchev–Trinajstić information content (AvgIpc) is 3.10. The summed E-state index contributed by atoms with van der Waals surface area (Å²) >= 11 is 0. The summed E-state index contributed by atoms with van der Waals surface area (Å²) in [6, 6.07) is 6.45. The highest BCUT2D eigenvalue weighted by molar-refractivity contribution is 5.94. The van der Waals surface area contributed by atoms with Crippen molar-refractivity contribution in [2.75, 3.05) is 7.05 Å². The molecule has 5 rings (SSSR count). The fourth-order valence-corrected chi connectivity index (χ4v) is 7.02. The second-order valence-electron chi connectivity index (χ2n) is 12.1. The maximum Gasteiger partial charge on any atom is 0.248 e. The Labute approximate surface area is 220 Å². The first-order chi connectivity index (χ1) is 17.7. The van der Waals surface area contributed by atoms with Crippen molar-refractivity contribution in [3.63, 3.8) is 0 Å². The van der Waals surface area contributed by atoms with Gasteiger partial charge in [0.2, 0.25) is 17.7 Å². The zero-order chi connectivity index (χ0) is 26.3.